The largest absolute Gasteiger partial charge is 0.479 e. The molecule has 2 nitrogen and oxygen atoms in total. The quantitative estimate of drug-likeness (QED) is 0.757. The molecule has 100 valence electrons. The van der Waals surface area contributed by atoms with E-state index in [9.17, 15) is 0 Å². The van der Waals surface area contributed by atoms with Crippen LogP contribution < -0.4 is 0 Å². The summed E-state index contributed by atoms with van der Waals surface area (Å²) >= 11 is 0. The highest BCUT2D eigenvalue weighted by Crippen LogP contribution is 2.23. The second kappa shape index (κ2) is 5.12. The molecule has 2 aromatic carbocycles. The molecule has 0 unspecified atom stereocenters. The second-order valence-corrected chi connectivity index (χ2v) is 5.59. The number of aryl methyl sites for hydroxylation is 1. The summed E-state index contributed by atoms with van der Waals surface area (Å²) < 4.78 is 5.69. The highest BCUT2D eigenvalue weighted by molar-refractivity contribution is 5.88. The third-order valence-electron chi connectivity index (χ3n) is 3.88. The number of hydrogen-bond donors (Lipinski definition) is 0. The van der Waals surface area contributed by atoms with Crippen molar-refractivity contribution in [1.29, 1.82) is 0 Å². The van der Waals surface area contributed by atoms with Gasteiger partial charge in [-0.15, -0.1) is 47.3 Å². The summed E-state index contributed by atoms with van der Waals surface area (Å²) in [4.78, 5) is 4.66. The van der Waals surface area contributed by atoms with Crippen LogP contribution in [0.3, 0.4) is 0 Å². The molecule has 2 aromatic rings. The molecule has 0 saturated carbocycles. The Morgan fingerprint density at radius 2 is 2.16 bits per heavy atom. The normalized spacial score (nSPS) is 18.9. The van der Waals surface area contributed by atoms with Gasteiger partial charge >= 0.3 is 0 Å². The predicted molar refractivity (Wildman–Crippen MR) is 79.9 cm³/mol. The molecule has 0 N–H and O–H groups in total. The van der Waals surface area contributed by atoms with Gasteiger partial charge in [0.05, 0.1) is 6.04 Å². The van der Waals surface area contributed by atoms with Crippen molar-refractivity contribution in [3.63, 3.8) is 0 Å². The van der Waals surface area contributed by atoms with Gasteiger partial charge in [0, 0.05) is 6.42 Å². The molecule has 1 aliphatic rings. The maximum atomic E-state index is 5.69. The van der Waals surface area contributed by atoms with E-state index in [4.69, 9.17) is 4.74 Å². The van der Waals surface area contributed by atoms with Crippen LogP contribution in [0.1, 0.15) is 25.8 Å². The summed E-state index contributed by atoms with van der Waals surface area (Å²) in [7, 11) is 0. The molecule has 1 heterocycles. The smallest absolute Gasteiger partial charge is 0.183 e. The summed E-state index contributed by atoms with van der Waals surface area (Å²) in [5, 5.41) is 2.69. The lowest BCUT2D eigenvalue weighted by molar-refractivity contribution is 0.286. The monoisotopic (exact) mass is 254 g/mol. The molecule has 0 bridgehead atoms. The van der Waals surface area contributed by atoms with Crippen LogP contribution >= 0.6 is 0 Å². The molecule has 0 radical (unpaired) electrons. The van der Waals surface area contributed by atoms with E-state index in [-0.39, 0.29) is 0 Å². The molecule has 1 atom stereocenters. The molecule has 0 saturated heterocycles. The Morgan fingerprint density at radius 1 is 1.26 bits per heavy atom. The zero-order valence-electron chi connectivity index (χ0n) is 11.6. The SMILES string of the molecule is CC(C)[C@H]1COC(CCc2cc[c-]3ccccc23)=N1. The van der Waals surface area contributed by atoms with E-state index in [2.05, 4.69) is 55.2 Å². The molecular formula is C17H20NO-. The van der Waals surface area contributed by atoms with Crippen LogP contribution in [0.4, 0.5) is 0 Å². The van der Waals surface area contributed by atoms with E-state index in [1.807, 2.05) is 0 Å². The molecule has 0 spiro atoms. The molecule has 1 aliphatic heterocycles. The fourth-order valence-corrected chi connectivity index (χ4v) is 2.59. The van der Waals surface area contributed by atoms with E-state index in [0.717, 1.165) is 25.3 Å². The minimum absolute atomic E-state index is 0.353. The molecule has 2 heteroatoms. The first-order chi connectivity index (χ1) is 9.24. The van der Waals surface area contributed by atoms with Gasteiger partial charge in [-0.1, -0.05) is 25.7 Å². The van der Waals surface area contributed by atoms with Crippen LogP contribution in [0.2, 0.25) is 0 Å². The van der Waals surface area contributed by atoms with Crippen molar-refractivity contribution < 1.29 is 4.74 Å². The standard InChI is InChI=1S/C17H20NO/c1-12(2)16-11-19-17(18-16)10-9-14-8-7-13-5-3-4-6-15(13)14/h3-8,12,16H,9-11H2,1-2H3/q-1/t16-/m1/s1. The highest BCUT2D eigenvalue weighted by atomic mass is 16.5. The Morgan fingerprint density at radius 3 is 2.95 bits per heavy atom. The summed E-state index contributed by atoms with van der Waals surface area (Å²) in [5.41, 5.74) is 1.40. The van der Waals surface area contributed by atoms with Gasteiger partial charge in [-0.05, 0) is 5.92 Å². The number of rotatable bonds is 4. The summed E-state index contributed by atoms with van der Waals surface area (Å²) in [6, 6.07) is 13.3. The molecular weight excluding hydrogens is 234 g/mol. The average Bonchev–Trinajstić information content (AvgIpc) is 3.03. The number of aliphatic imine (C=N–C) groups is 1. The molecule has 0 fully saturated rings. The van der Waals surface area contributed by atoms with Gasteiger partial charge < -0.3 is 4.74 Å². The maximum absolute atomic E-state index is 5.69. The lowest BCUT2D eigenvalue weighted by atomic mass is 10.1. The molecule has 0 aliphatic carbocycles. The number of fused-ring (bicyclic) bond motifs is 1. The average molecular weight is 254 g/mol. The Hall–Kier alpha value is -1.70. The van der Waals surface area contributed by atoms with Crippen LogP contribution in [0.25, 0.3) is 10.8 Å². The van der Waals surface area contributed by atoms with Crippen molar-refractivity contribution in [3.8, 4) is 0 Å². The van der Waals surface area contributed by atoms with Crippen LogP contribution in [0.5, 0.6) is 0 Å². The molecule has 0 amide bonds. The van der Waals surface area contributed by atoms with Gasteiger partial charge in [0.15, 0.2) is 5.90 Å². The van der Waals surface area contributed by atoms with Crippen LogP contribution in [-0.2, 0) is 11.2 Å². The van der Waals surface area contributed by atoms with Crippen LogP contribution in [0.15, 0.2) is 41.4 Å². The number of hydrogen-bond acceptors (Lipinski definition) is 2. The maximum Gasteiger partial charge on any atom is 0.183 e. The van der Waals surface area contributed by atoms with E-state index in [0.29, 0.717) is 12.0 Å². The van der Waals surface area contributed by atoms with Gasteiger partial charge in [-0.25, -0.2) is 4.99 Å². The fraction of sp³-hybridized carbons (Fsp3) is 0.412. The van der Waals surface area contributed by atoms with Crippen molar-refractivity contribution in [2.75, 3.05) is 6.61 Å². The zero-order chi connectivity index (χ0) is 13.2. The lowest BCUT2D eigenvalue weighted by Crippen LogP contribution is -2.13. The van der Waals surface area contributed by atoms with Crippen molar-refractivity contribution in [2.24, 2.45) is 10.9 Å². The summed E-state index contributed by atoms with van der Waals surface area (Å²) in [5.74, 6) is 1.50. The van der Waals surface area contributed by atoms with E-state index < -0.39 is 0 Å². The highest BCUT2D eigenvalue weighted by Gasteiger charge is 2.20. The Kier molecular flexibility index (Phi) is 3.33. The van der Waals surface area contributed by atoms with E-state index >= 15 is 0 Å². The topological polar surface area (TPSA) is 21.6 Å². The third kappa shape index (κ3) is 2.53. The Balaban J connectivity index is 1.68. The fourth-order valence-electron chi connectivity index (χ4n) is 2.59. The summed E-state index contributed by atoms with van der Waals surface area (Å²) in [6.45, 7) is 5.16. The zero-order valence-corrected chi connectivity index (χ0v) is 11.6. The predicted octanol–water partition coefficient (Wildman–Crippen LogP) is 3.94. The first kappa shape index (κ1) is 12.3. The summed E-state index contributed by atoms with van der Waals surface area (Å²) in [6.07, 6.45) is 1.92. The Labute approximate surface area is 114 Å². The van der Waals surface area contributed by atoms with Crippen molar-refractivity contribution in [1.82, 2.24) is 0 Å². The van der Waals surface area contributed by atoms with Gasteiger partial charge in [0.1, 0.15) is 6.61 Å². The van der Waals surface area contributed by atoms with Crippen molar-refractivity contribution >= 4 is 16.7 Å². The van der Waals surface area contributed by atoms with Crippen LogP contribution in [0, 0.1) is 5.92 Å². The first-order valence-electron chi connectivity index (χ1n) is 7.07. The van der Waals surface area contributed by atoms with Gasteiger partial charge in [-0.3, -0.25) is 0 Å². The lowest BCUT2D eigenvalue weighted by Gasteiger charge is -2.06. The second-order valence-electron chi connectivity index (χ2n) is 5.59. The molecule has 3 rings (SSSR count). The van der Waals surface area contributed by atoms with E-state index in [1.54, 1.807) is 0 Å². The molecule has 19 heavy (non-hydrogen) atoms. The minimum atomic E-state index is 0.353. The molecule has 0 aromatic heterocycles. The van der Waals surface area contributed by atoms with Gasteiger partial charge in [0.25, 0.3) is 0 Å². The van der Waals surface area contributed by atoms with Crippen LogP contribution in [-0.4, -0.2) is 18.5 Å². The van der Waals surface area contributed by atoms with Gasteiger partial charge in [0.2, 0.25) is 0 Å². The van der Waals surface area contributed by atoms with Crippen molar-refractivity contribution in [3.05, 3.63) is 42.0 Å². The van der Waals surface area contributed by atoms with E-state index in [1.165, 1.54) is 16.3 Å². The minimum Gasteiger partial charge on any atom is -0.479 e. The Bertz CT molecular complexity index is 594. The number of nitrogens with zero attached hydrogens (tertiary/aromatic N) is 1. The number of ether oxygens (including phenoxy) is 1. The number of benzene rings is 1. The third-order valence-corrected chi connectivity index (χ3v) is 3.88. The van der Waals surface area contributed by atoms with Gasteiger partial charge in [-0.2, -0.15) is 0 Å². The first-order valence-corrected chi connectivity index (χ1v) is 7.07. The van der Waals surface area contributed by atoms with Crippen molar-refractivity contribution in [2.45, 2.75) is 32.7 Å².